The fourth-order valence-electron chi connectivity index (χ4n) is 1.46. The molecular formula is C13H12F3NO. The molecule has 0 saturated carbocycles. The SMILES string of the molecule is CC(=O)C(C)(C#N)Cc1ccc(C(F)(F)F)cc1. The van der Waals surface area contributed by atoms with Gasteiger partial charge in [-0.2, -0.15) is 18.4 Å². The van der Waals surface area contributed by atoms with Crippen LogP contribution in [-0.2, 0) is 17.4 Å². The molecule has 0 heterocycles. The zero-order valence-electron chi connectivity index (χ0n) is 10.0. The highest BCUT2D eigenvalue weighted by molar-refractivity contribution is 5.85. The van der Waals surface area contributed by atoms with Crippen LogP contribution in [-0.4, -0.2) is 5.78 Å². The summed E-state index contributed by atoms with van der Waals surface area (Å²) in [5.41, 5.74) is -1.41. The molecule has 0 fully saturated rings. The quantitative estimate of drug-likeness (QED) is 0.830. The molecule has 1 aromatic rings. The molecule has 1 aromatic carbocycles. The Balaban J connectivity index is 2.95. The van der Waals surface area contributed by atoms with Gasteiger partial charge in [0.25, 0.3) is 0 Å². The van der Waals surface area contributed by atoms with Crippen LogP contribution in [0.1, 0.15) is 25.0 Å². The standard InChI is InChI=1S/C13H12F3NO/c1-9(18)12(2,8-17)7-10-3-5-11(6-4-10)13(14,15)16/h3-6H,7H2,1-2H3. The van der Waals surface area contributed by atoms with Crippen molar-refractivity contribution in [3.8, 4) is 6.07 Å². The van der Waals surface area contributed by atoms with E-state index in [2.05, 4.69) is 0 Å². The summed E-state index contributed by atoms with van der Waals surface area (Å²) in [5, 5.41) is 8.95. The highest BCUT2D eigenvalue weighted by Gasteiger charge is 2.32. The topological polar surface area (TPSA) is 40.9 Å². The third-order valence-electron chi connectivity index (χ3n) is 2.86. The molecule has 0 bridgehead atoms. The number of hydrogen-bond donors (Lipinski definition) is 0. The van der Waals surface area contributed by atoms with Gasteiger partial charge in [-0.3, -0.25) is 4.79 Å². The minimum Gasteiger partial charge on any atom is -0.298 e. The average Bonchev–Trinajstić information content (AvgIpc) is 2.28. The molecule has 1 rings (SSSR count). The maximum Gasteiger partial charge on any atom is 0.416 e. The summed E-state index contributed by atoms with van der Waals surface area (Å²) in [5.74, 6) is -0.301. The first-order valence-electron chi connectivity index (χ1n) is 5.27. The van der Waals surface area contributed by atoms with Gasteiger partial charge in [0, 0.05) is 0 Å². The lowest BCUT2D eigenvalue weighted by molar-refractivity contribution is -0.137. The van der Waals surface area contributed by atoms with E-state index in [0.29, 0.717) is 5.56 Å². The zero-order chi connectivity index (χ0) is 14.0. The van der Waals surface area contributed by atoms with Crippen molar-refractivity contribution in [2.75, 3.05) is 0 Å². The minimum absolute atomic E-state index is 0.108. The summed E-state index contributed by atoms with van der Waals surface area (Å²) < 4.78 is 37.0. The number of hydrogen-bond acceptors (Lipinski definition) is 2. The number of benzene rings is 1. The van der Waals surface area contributed by atoms with E-state index >= 15 is 0 Å². The Kier molecular flexibility index (Phi) is 3.80. The molecule has 96 valence electrons. The van der Waals surface area contributed by atoms with Crippen molar-refractivity contribution in [1.82, 2.24) is 0 Å². The molecule has 18 heavy (non-hydrogen) atoms. The van der Waals surface area contributed by atoms with Crippen LogP contribution in [0.4, 0.5) is 13.2 Å². The monoisotopic (exact) mass is 255 g/mol. The lowest BCUT2D eigenvalue weighted by atomic mass is 9.81. The van der Waals surface area contributed by atoms with Gasteiger partial charge >= 0.3 is 6.18 Å². The van der Waals surface area contributed by atoms with E-state index in [1.807, 2.05) is 6.07 Å². The number of rotatable bonds is 3. The van der Waals surface area contributed by atoms with Gasteiger partial charge in [0.15, 0.2) is 0 Å². The van der Waals surface area contributed by atoms with Crippen molar-refractivity contribution in [1.29, 1.82) is 5.26 Å². The highest BCUT2D eigenvalue weighted by Crippen LogP contribution is 2.30. The van der Waals surface area contributed by atoms with Gasteiger partial charge in [-0.05, 0) is 38.0 Å². The second kappa shape index (κ2) is 4.81. The molecule has 1 unspecified atom stereocenters. The van der Waals surface area contributed by atoms with Gasteiger partial charge < -0.3 is 0 Å². The Hall–Kier alpha value is -1.83. The second-order valence-corrected chi connectivity index (χ2v) is 4.37. The first-order valence-corrected chi connectivity index (χ1v) is 5.27. The van der Waals surface area contributed by atoms with Crippen molar-refractivity contribution in [2.45, 2.75) is 26.4 Å². The predicted octanol–water partition coefficient (Wildman–Crippen LogP) is 3.37. The second-order valence-electron chi connectivity index (χ2n) is 4.37. The Bertz CT molecular complexity index is 484. The predicted molar refractivity (Wildman–Crippen MR) is 59.5 cm³/mol. The molecule has 0 amide bonds. The van der Waals surface area contributed by atoms with Crippen LogP contribution < -0.4 is 0 Å². The smallest absolute Gasteiger partial charge is 0.298 e. The van der Waals surface area contributed by atoms with Crippen LogP contribution >= 0.6 is 0 Å². The summed E-state index contributed by atoms with van der Waals surface area (Å²) in [6.07, 6.45) is -4.27. The Morgan fingerprint density at radius 1 is 1.28 bits per heavy atom. The van der Waals surface area contributed by atoms with E-state index in [4.69, 9.17) is 5.26 Å². The molecule has 0 saturated heterocycles. The van der Waals surface area contributed by atoms with Crippen LogP contribution in [0.3, 0.4) is 0 Å². The fraction of sp³-hybridized carbons (Fsp3) is 0.385. The molecule has 0 aliphatic rings. The van der Waals surface area contributed by atoms with Gasteiger partial charge in [-0.25, -0.2) is 0 Å². The van der Waals surface area contributed by atoms with E-state index in [0.717, 1.165) is 12.1 Å². The highest BCUT2D eigenvalue weighted by atomic mass is 19.4. The number of nitriles is 1. The first-order chi connectivity index (χ1) is 8.19. The number of nitrogens with zero attached hydrogens (tertiary/aromatic N) is 1. The number of Topliss-reactive ketones (excluding diaryl/α,β-unsaturated/α-hetero) is 1. The van der Waals surface area contributed by atoms with Crippen LogP contribution in [0.2, 0.25) is 0 Å². The number of carbonyl (C=O) groups is 1. The largest absolute Gasteiger partial charge is 0.416 e. The van der Waals surface area contributed by atoms with Crippen LogP contribution in [0.15, 0.2) is 24.3 Å². The molecule has 2 nitrogen and oxygen atoms in total. The molecular weight excluding hydrogens is 243 g/mol. The molecule has 0 aliphatic heterocycles. The Labute approximate surface area is 103 Å². The van der Waals surface area contributed by atoms with Gasteiger partial charge in [-0.1, -0.05) is 12.1 Å². The van der Waals surface area contributed by atoms with Crippen molar-refractivity contribution in [2.24, 2.45) is 5.41 Å². The van der Waals surface area contributed by atoms with Crippen LogP contribution in [0.25, 0.3) is 0 Å². The molecule has 0 N–H and O–H groups in total. The number of carbonyl (C=O) groups excluding carboxylic acids is 1. The maximum atomic E-state index is 12.3. The molecule has 1 atom stereocenters. The van der Waals surface area contributed by atoms with Gasteiger partial charge in [0.05, 0.1) is 11.6 Å². The molecule has 0 aromatic heterocycles. The summed E-state index contributed by atoms with van der Waals surface area (Å²) in [6, 6.07) is 6.39. The summed E-state index contributed by atoms with van der Waals surface area (Å²) in [7, 11) is 0. The number of ketones is 1. The third kappa shape index (κ3) is 3.10. The fourth-order valence-corrected chi connectivity index (χ4v) is 1.46. The first kappa shape index (κ1) is 14.2. The van der Waals surface area contributed by atoms with Gasteiger partial charge in [0.1, 0.15) is 11.2 Å². The van der Waals surface area contributed by atoms with E-state index in [1.54, 1.807) is 0 Å². The van der Waals surface area contributed by atoms with E-state index in [-0.39, 0.29) is 12.2 Å². The molecule has 0 radical (unpaired) electrons. The lowest BCUT2D eigenvalue weighted by Crippen LogP contribution is -2.26. The van der Waals surface area contributed by atoms with Crippen LogP contribution in [0.5, 0.6) is 0 Å². The summed E-state index contributed by atoms with van der Waals surface area (Å²) >= 11 is 0. The van der Waals surface area contributed by atoms with E-state index in [9.17, 15) is 18.0 Å². The molecule has 5 heteroatoms. The zero-order valence-corrected chi connectivity index (χ0v) is 10.0. The molecule has 0 spiro atoms. The Morgan fingerprint density at radius 3 is 2.11 bits per heavy atom. The normalized spacial score (nSPS) is 14.7. The number of alkyl halides is 3. The van der Waals surface area contributed by atoms with E-state index < -0.39 is 17.2 Å². The van der Waals surface area contributed by atoms with Gasteiger partial charge in [0.2, 0.25) is 0 Å². The third-order valence-corrected chi connectivity index (χ3v) is 2.86. The number of halogens is 3. The average molecular weight is 255 g/mol. The molecule has 0 aliphatic carbocycles. The maximum absolute atomic E-state index is 12.3. The van der Waals surface area contributed by atoms with E-state index in [1.165, 1.54) is 26.0 Å². The van der Waals surface area contributed by atoms with Crippen molar-refractivity contribution in [3.63, 3.8) is 0 Å². The lowest BCUT2D eigenvalue weighted by Gasteiger charge is -2.18. The minimum atomic E-state index is -4.38. The van der Waals surface area contributed by atoms with Crippen LogP contribution in [0, 0.1) is 16.7 Å². The Morgan fingerprint density at radius 2 is 1.78 bits per heavy atom. The summed E-state index contributed by atoms with van der Waals surface area (Å²) in [6.45, 7) is 2.78. The van der Waals surface area contributed by atoms with Crippen molar-refractivity contribution >= 4 is 5.78 Å². The van der Waals surface area contributed by atoms with Gasteiger partial charge in [-0.15, -0.1) is 0 Å². The van der Waals surface area contributed by atoms with Crippen molar-refractivity contribution < 1.29 is 18.0 Å². The van der Waals surface area contributed by atoms with Crippen molar-refractivity contribution in [3.05, 3.63) is 35.4 Å². The summed E-state index contributed by atoms with van der Waals surface area (Å²) in [4.78, 5) is 11.3.